The van der Waals surface area contributed by atoms with Crippen molar-refractivity contribution in [1.29, 1.82) is 5.26 Å². The Morgan fingerprint density at radius 1 is 1.10 bits per heavy atom. The number of likely N-dealkylation sites (tertiary alicyclic amines) is 1. The molecule has 2 aromatic carbocycles. The van der Waals surface area contributed by atoms with E-state index in [0.29, 0.717) is 5.56 Å². The predicted molar refractivity (Wildman–Crippen MR) is 131 cm³/mol. The highest BCUT2D eigenvalue weighted by Crippen LogP contribution is 2.38. The van der Waals surface area contributed by atoms with E-state index >= 15 is 0 Å². The minimum absolute atomic E-state index is 0.00580. The van der Waals surface area contributed by atoms with Gasteiger partial charge in [-0.25, -0.2) is 9.18 Å². The Bertz CT molecular complexity index is 1350. The molecule has 206 valence electrons. The molecule has 8 nitrogen and oxygen atoms in total. The Morgan fingerprint density at radius 2 is 1.77 bits per heavy atom. The second kappa shape index (κ2) is 9.87. The van der Waals surface area contributed by atoms with Gasteiger partial charge in [0.15, 0.2) is 0 Å². The Balaban J connectivity index is 1.71. The molecule has 2 aromatic rings. The number of hydrogen-bond donors (Lipinski definition) is 0. The highest BCUT2D eigenvalue weighted by Gasteiger charge is 2.57. The fraction of sp³-hybridized carbons (Fsp3) is 0.407. The van der Waals surface area contributed by atoms with Crippen molar-refractivity contribution in [2.75, 3.05) is 24.5 Å². The lowest BCUT2D eigenvalue weighted by atomic mass is 9.89. The van der Waals surface area contributed by atoms with E-state index in [1.807, 2.05) is 0 Å². The zero-order chi connectivity index (χ0) is 28.8. The largest absolute Gasteiger partial charge is 0.444 e. The van der Waals surface area contributed by atoms with Crippen molar-refractivity contribution in [2.24, 2.45) is 0 Å². The van der Waals surface area contributed by atoms with Gasteiger partial charge in [0.2, 0.25) is 5.91 Å². The number of halogens is 4. The maximum absolute atomic E-state index is 14.9. The quantitative estimate of drug-likeness (QED) is 0.530. The summed E-state index contributed by atoms with van der Waals surface area (Å²) >= 11 is 0. The molecule has 2 aliphatic rings. The van der Waals surface area contributed by atoms with Gasteiger partial charge in [-0.3, -0.25) is 14.5 Å². The van der Waals surface area contributed by atoms with Crippen LogP contribution in [-0.2, 0) is 27.0 Å². The van der Waals surface area contributed by atoms with E-state index in [2.05, 4.69) is 0 Å². The van der Waals surface area contributed by atoms with Crippen LogP contribution in [0.25, 0.3) is 0 Å². The van der Waals surface area contributed by atoms with Crippen LogP contribution in [0.4, 0.5) is 28.0 Å². The standard InChI is InChI=1S/C27H26F4N4O4/c1-25(2,3)39-24(38)33-11-10-26(16-33)23(37)34(21-9-6-18(13-32)12-20(21)28)15-22(36)35(26)14-17-4-7-19(8-5-17)27(29,30)31/h4-9,12H,10-11,14-16H2,1-3H3/t26-/m0/s1. The molecule has 1 atom stereocenters. The molecule has 2 heterocycles. The fourth-order valence-electron chi connectivity index (χ4n) is 4.78. The summed E-state index contributed by atoms with van der Waals surface area (Å²) in [5.41, 5.74) is -3.12. The number of carbonyl (C=O) groups excluding carboxylic acids is 3. The van der Waals surface area contributed by atoms with Gasteiger partial charge in [0.05, 0.1) is 29.4 Å². The van der Waals surface area contributed by atoms with Crippen LogP contribution in [0, 0.1) is 17.1 Å². The first-order valence-corrected chi connectivity index (χ1v) is 12.1. The van der Waals surface area contributed by atoms with E-state index in [4.69, 9.17) is 10.00 Å². The molecule has 0 saturated carbocycles. The van der Waals surface area contributed by atoms with Gasteiger partial charge in [-0.15, -0.1) is 0 Å². The Morgan fingerprint density at radius 3 is 2.33 bits per heavy atom. The van der Waals surface area contributed by atoms with E-state index in [1.165, 1.54) is 34.1 Å². The Hall–Kier alpha value is -4.14. The molecule has 2 aliphatic heterocycles. The molecule has 0 N–H and O–H groups in total. The molecule has 12 heteroatoms. The SMILES string of the molecule is CC(C)(C)OC(=O)N1CC[C@]2(C1)C(=O)N(c1ccc(C#N)cc1F)CC(=O)N2Cc1ccc(C(F)(F)F)cc1. The molecule has 0 aromatic heterocycles. The number of nitrogens with zero attached hydrogens (tertiary/aromatic N) is 4. The number of piperazine rings is 1. The summed E-state index contributed by atoms with van der Waals surface area (Å²) in [4.78, 5) is 43.9. The summed E-state index contributed by atoms with van der Waals surface area (Å²) in [6.07, 6.45) is -5.23. The third kappa shape index (κ3) is 5.53. The smallest absolute Gasteiger partial charge is 0.416 e. The number of anilines is 1. The summed E-state index contributed by atoms with van der Waals surface area (Å²) in [6, 6.07) is 9.53. The average molecular weight is 547 g/mol. The normalized spacial score (nSPS) is 20.0. The van der Waals surface area contributed by atoms with Crippen LogP contribution in [0.5, 0.6) is 0 Å². The second-order valence-electron chi connectivity index (χ2n) is 10.5. The molecular formula is C27H26F4N4O4. The van der Waals surface area contributed by atoms with E-state index in [0.717, 1.165) is 23.1 Å². The van der Waals surface area contributed by atoms with Crippen molar-refractivity contribution < 1.29 is 36.7 Å². The monoisotopic (exact) mass is 546 g/mol. The second-order valence-corrected chi connectivity index (χ2v) is 10.5. The van der Waals surface area contributed by atoms with Crippen LogP contribution in [0.2, 0.25) is 0 Å². The number of nitriles is 1. The van der Waals surface area contributed by atoms with Gasteiger partial charge in [0, 0.05) is 13.1 Å². The summed E-state index contributed by atoms with van der Waals surface area (Å²) in [5.74, 6) is -2.10. The lowest BCUT2D eigenvalue weighted by Gasteiger charge is -2.47. The molecule has 39 heavy (non-hydrogen) atoms. The molecule has 0 bridgehead atoms. The van der Waals surface area contributed by atoms with E-state index in [-0.39, 0.29) is 37.3 Å². The summed E-state index contributed by atoms with van der Waals surface area (Å²) in [6.45, 7) is 4.11. The van der Waals surface area contributed by atoms with E-state index in [1.54, 1.807) is 26.8 Å². The Labute approximate surface area is 222 Å². The number of benzene rings is 2. The number of amides is 3. The first-order chi connectivity index (χ1) is 18.1. The molecule has 1 spiro atoms. The van der Waals surface area contributed by atoms with Crippen molar-refractivity contribution in [3.8, 4) is 6.07 Å². The van der Waals surface area contributed by atoms with Crippen molar-refractivity contribution in [3.05, 3.63) is 65.0 Å². The zero-order valence-corrected chi connectivity index (χ0v) is 21.5. The third-order valence-electron chi connectivity index (χ3n) is 6.64. The van der Waals surface area contributed by atoms with Crippen LogP contribution in [0.3, 0.4) is 0 Å². The highest BCUT2D eigenvalue weighted by molar-refractivity contribution is 6.09. The van der Waals surface area contributed by atoms with Crippen LogP contribution >= 0.6 is 0 Å². The maximum atomic E-state index is 14.9. The summed E-state index contributed by atoms with van der Waals surface area (Å²) in [5, 5.41) is 9.05. The molecule has 3 amide bonds. The van der Waals surface area contributed by atoms with Crippen LogP contribution in [0.1, 0.15) is 43.9 Å². The third-order valence-corrected chi connectivity index (χ3v) is 6.64. The van der Waals surface area contributed by atoms with Gasteiger partial charge in [0.25, 0.3) is 5.91 Å². The first-order valence-electron chi connectivity index (χ1n) is 12.1. The van der Waals surface area contributed by atoms with Gasteiger partial charge >= 0.3 is 12.3 Å². The molecular weight excluding hydrogens is 520 g/mol. The number of carbonyl (C=O) groups is 3. The lowest BCUT2D eigenvalue weighted by Crippen LogP contribution is -2.69. The molecule has 0 unspecified atom stereocenters. The van der Waals surface area contributed by atoms with E-state index < -0.39 is 53.1 Å². The van der Waals surface area contributed by atoms with Gasteiger partial charge in [-0.1, -0.05) is 12.1 Å². The molecule has 2 saturated heterocycles. The highest BCUT2D eigenvalue weighted by atomic mass is 19.4. The minimum Gasteiger partial charge on any atom is -0.444 e. The van der Waals surface area contributed by atoms with Crippen molar-refractivity contribution in [1.82, 2.24) is 9.80 Å². The topological polar surface area (TPSA) is 94.0 Å². The van der Waals surface area contributed by atoms with Gasteiger partial charge in [0.1, 0.15) is 23.5 Å². The number of hydrogen-bond acceptors (Lipinski definition) is 5. The molecule has 0 aliphatic carbocycles. The maximum Gasteiger partial charge on any atom is 0.416 e. The van der Waals surface area contributed by atoms with Crippen molar-refractivity contribution in [2.45, 2.75) is 51.1 Å². The van der Waals surface area contributed by atoms with Crippen LogP contribution in [0.15, 0.2) is 42.5 Å². The van der Waals surface area contributed by atoms with Gasteiger partial charge in [-0.2, -0.15) is 18.4 Å². The molecule has 4 rings (SSSR count). The number of rotatable bonds is 3. The van der Waals surface area contributed by atoms with Crippen LogP contribution in [-0.4, -0.2) is 58.5 Å². The minimum atomic E-state index is -4.54. The van der Waals surface area contributed by atoms with Gasteiger partial charge < -0.3 is 14.5 Å². The number of ether oxygens (including phenoxy) is 1. The fourth-order valence-corrected chi connectivity index (χ4v) is 4.78. The first kappa shape index (κ1) is 27.9. The van der Waals surface area contributed by atoms with Crippen molar-refractivity contribution >= 4 is 23.6 Å². The lowest BCUT2D eigenvalue weighted by molar-refractivity contribution is -0.151. The average Bonchev–Trinajstić information content (AvgIpc) is 3.29. The van der Waals surface area contributed by atoms with Gasteiger partial charge in [-0.05, 0) is 63.1 Å². The zero-order valence-electron chi connectivity index (χ0n) is 21.5. The molecule has 2 fully saturated rings. The Kier molecular flexibility index (Phi) is 7.06. The van der Waals surface area contributed by atoms with E-state index in [9.17, 15) is 31.9 Å². The van der Waals surface area contributed by atoms with Crippen LogP contribution < -0.4 is 4.90 Å². The van der Waals surface area contributed by atoms with Crippen molar-refractivity contribution in [3.63, 3.8) is 0 Å². The predicted octanol–water partition coefficient (Wildman–Crippen LogP) is 4.47. The molecule has 0 radical (unpaired) electrons. The summed E-state index contributed by atoms with van der Waals surface area (Å²) in [7, 11) is 0. The number of alkyl halides is 3. The summed E-state index contributed by atoms with van der Waals surface area (Å²) < 4.78 is 59.5.